The number of carbonyl (C=O) groups is 1. The van der Waals surface area contributed by atoms with Crippen LogP contribution in [0.3, 0.4) is 0 Å². The standard InChI is InChI=1S/C9H9ClO4/c1-4-3-5(11)6(9(12)13)8(14-2)7(4)10/h3,11H,1-2H3,(H,12,13). The van der Waals surface area contributed by atoms with Crippen LogP contribution in [0.5, 0.6) is 11.5 Å². The molecule has 0 aromatic heterocycles. The van der Waals surface area contributed by atoms with Gasteiger partial charge in [0.25, 0.3) is 0 Å². The summed E-state index contributed by atoms with van der Waals surface area (Å²) in [5.74, 6) is -1.64. The van der Waals surface area contributed by atoms with Crippen molar-refractivity contribution in [2.45, 2.75) is 6.92 Å². The number of halogens is 1. The zero-order chi connectivity index (χ0) is 10.9. The van der Waals surface area contributed by atoms with Gasteiger partial charge >= 0.3 is 5.97 Å². The molecule has 1 aromatic rings. The number of carboxylic acids is 1. The van der Waals surface area contributed by atoms with E-state index >= 15 is 0 Å². The molecule has 0 saturated heterocycles. The predicted molar refractivity (Wildman–Crippen MR) is 51.4 cm³/mol. The summed E-state index contributed by atoms with van der Waals surface area (Å²) in [5, 5.41) is 18.4. The van der Waals surface area contributed by atoms with Crippen molar-refractivity contribution < 1.29 is 19.7 Å². The van der Waals surface area contributed by atoms with Gasteiger partial charge in [-0.15, -0.1) is 0 Å². The second-order valence-corrected chi connectivity index (χ2v) is 3.12. The summed E-state index contributed by atoms with van der Waals surface area (Å²) < 4.78 is 4.83. The van der Waals surface area contributed by atoms with Gasteiger partial charge in [-0.2, -0.15) is 0 Å². The number of benzene rings is 1. The zero-order valence-corrected chi connectivity index (χ0v) is 8.42. The van der Waals surface area contributed by atoms with Crippen molar-refractivity contribution in [2.75, 3.05) is 7.11 Å². The Morgan fingerprint density at radius 3 is 2.57 bits per heavy atom. The maximum atomic E-state index is 10.8. The highest BCUT2D eigenvalue weighted by atomic mass is 35.5. The second-order valence-electron chi connectivity index (χ2n) is 2.74. The Kier molecular flexibility index (Phi) is 2.86. The monoisotopic (exact) mass is 216 g/mol. The molecule has 0 fully saturated rings. The number of hydrogen-bond donors (Lipinski definition) is 2. The molecular weight excluding hydrogens is 208 g/mol. The number of carboxylic acid groups (broad SMARTS) is 1. The molecule has 0 aliphatic rings. The van der Waals surface area contributed by atoms with Gasteiger partial charge in [0.15, 0.2) is 5.75 Å². The first kappa shape index (κ1) is 10.7. The van der Waals surface area contributed by atoms with Crippen LogP contribution in [0.1, 0.15) is 15.9 Å². The van der Waals surface area contributed by atoms with Crippen molar-refractivity contribution >= 4 is 17.6 Å². The van der Waals surface area contributed by atoms with Crippen molar-refractivity contribution in [3.8, 4) is 11.5 Å². The molecular formula is C9H9ClO4. The maximum Gasteiger partial charge on any atom is 0.343 e. The summed E-state index contributed by atoms with van der Waals surface area (Å²) in [6.07, 6.45) is 0. The van der Waals surface area contributed by atoms with Crippen molar-refractivity contribution in [1.82, 2.24) is 0 Å². The summed E-state index contributed by atoms with van der Waals surface area (Å²) in [7, 11) is 1.30. The Labute approximate surface area is 85.7 Å². The van der Waals surface area contributed by atoms with E-state index in [0.717, 1.165) is 0 Å². The molecule has 0 radical (unpaired) electrons. The van der Waals surface area contributed by atoms with Crippen molar-refractivity contribution in [1.29, 1.82) is 0 Å². The molecule has 14 heavy (non-hydrogen) atoms. The average molecular weight is 217 g/mol. The Bertz CT molecular complexity index is 387. The van der Waals surface area contributed by atoms with Gasteiger partial charge in [-0.05, 0) is 18.6 Å². The molecule has 0 bridgehead atoms. The minimum Gasteiger partial charge on any atom is -0.507 e. The van der Waals surface area contributed by atoms with Gasteiger partial charge < -0.3 is 14.9 Å². The van der Waals surface area contributed by atoms with Gasteiger partial charge in [0.1, 0.15) is 11.3 Å². The van der Waals surface area contributed by atoms with E-state index in [4.69, 9.17) is 21.4 Å². The van der Waals surface area contributed by atoms with Crippen molar-refractivity contribution in [2.24, 2.45) is 0 Å². The van der Waals surface area contributed by atoms with Gasteiger partial charge in [-0.1, -0.05) is 11.6 Å². The minimum absolute atomic E-state index is 0.0170. The molecule has 76 valence electrons. The highest BCUT2D eigenvalue weighted by Gasteiger charge is 2.20. The highest BCUT2D eigenvalue weighted by Crippen LogP contribution is 2.37. The Hall–Kier alpha value is -1.42. The molecule has 4 nitrogen and oxygen atoms in total. The smallest absolute Gasteiger partial charge is 0.343 e. The van der Waals surface area contributed by atoms with E-state index in [1.54, 1.807) is 6.92 Å². The van der Waals surface area contributed by atoms with Crippen LogP contribution in [-0.2, 0) is 0 Å². The van der Waals surface area contributed by atoms with Crippen LogP contribution in [0.2, 0.25) is 5.02 Å². The molecule has 1 rings (SSSR count). The number of rotatable bonds is 2. The number of aryl methyl sites for hydroxylation is 1. The summed E-state index contributed by atoms with van der Waals surface area (Å²) >= 11 is 5.82. The number of methoxy groups -OCH3 is 1. The first-order valence-electron chi connectivity index (χ1n) is 3.78. The van der Waals surface area contributed by atoms with Crippen LogP contribution in [0.25, 0.3) is 0 Å². The Balaban J connectivity index is 3.55. The first-order chi connectivity index (χ1) is 6.49. The van der Waals surface area contributed by atoms with Crippen LogP contribution >= 0.6 is 11.6 Å². The quantitative estimate of drug-likeness (QED) is 0.794. The molecule has 0 heterocycles. The van der Waals surface area contributed by atoms with Gasteiger partial charge in [-0.3, -0.25) is 0 Å². The molecule has 0 aliphatic carbocycles. The molecule has 2 N–H and O–H groups in total. The SMILES string of the molecule is COc1c(Cl)c(C)cc(O)c1C(=O)O. The fourth-order valence-corrected chi connectivity index (χ4v) is 1.37. The van der Waals surface area contributed by atoms with Crippen LogP contribution in [-0.4, -0.2) is 23.3 Å². The highest BCUT2D eigenvalue weighted by molar-refractivity contribution is 6.33. The molecule has 0 atom stereocenters. The molecule has 1 aromatic carbocycles. The van der Waals surface area contributed by atoms with Crippen LogP contribution in [0, 0.1) is 6.92 Å². The minimum atomic E-state index is -1.28. The van der Waals surface area contributed by atoms with Gasteiger partial charge in [0.05, 0.1) is 12.1 Å². The topological polar surface area (TPSA) is 66.8 Å². The summed E-state index contributed by atoms with van der Waals surface area (Å²) in [5.41, 5.74) is 0.245. The molecule has 0 unspecified atom stereocenters. The molecule has 5 heteroatoms. The maximum absolute atomic E-state index is 10.8. The van der Waals surface area contributed by atoms with Gasteiger partial charge in [0.2, 0.25) is 0 Å². The van der Waals surface area contributed by atoms with Crippen LogP contribution in [0.4, 0.5) is 0 Å². The van der Waals surface area contributed by atoms with E-state index in [1.807, 2.05) is 0 Å². The summed E-state index contributed by atoms with van der Waals surface area (Å²) in [4.78, 5) is 10.8. The Morgan fingerprint density at radius 1 is 1.57 bits per heavy atom. The largest absolute Gasteiger partial charge is 0.507 e. The molecule has 0 saturated carbocycles. The number of hydrogen-bond acceptors (Lipinski definition) is 3. The third-order valence-electron chi connectivity index (χ3n) is 1.80. The molecule has 0 spiro atoms. The average Bonchev–Trinajstić information content (AvgIpc) is 2.09. The third kappa shape index (κ3) is 1.61. The van der Waals surface area contributed by atoms with E-state index in [0.29, 0.717) is 5.56 Å². The lowest BCUT2D eigenvalue weighted by Crippen LogP contribution is -2.02. The molecule has 0 amide bonds. The lowest BCUT2D eigenvalue weighted by molar-refractivity contribution is 0.0690. The fraction of sp³-hybridized carbons (Fsp3) is 0.222. The summed E-state index contributed by atoms with van der Waals surface area (Å²) in [6, 6.07) is 1.29. The lowest BCUT2D eigenvalue weighted by atomic mass is 10.1. The number of ether oxygens (including phenoxy) is 1. The Morgan fingerprint density at radius 2 is 2.14 bits per heavy atom. The van der Waals surface area contributed by atoms with E-state index in [9.17, 15) is 9.90 Å². The fourth-order valence-electron chi connectivity index (χ4n) is 1.14. The van der Waals surface area contributed by atoms with E-state index in [2.05, 4.69) is 0 Å². The molecule has 0 aliphatic heterocycles. The third-order valence-corrected chi connectivity index (χ3v) is 2.27. The van der Waals surface area contributed by atoms with E-state index < -0.39 is 5.97 Å². The van der Waals surface area contributed by atoms with E-state index in [1.165, 1.54) is 13.2 Å². The zero-order valence-electron chi connectivity index (χ0n) is 7.67. The summed E-state index contributed by atoms with van der Waals surface area (Å²) in [6.45, 7) is 1.65. The predicted octanol–water partition coefficient (Wildman–Crippen LogP) is 2.06. The van der Waals surface area contributed by atoms with E-state index in [-0.39, 0.29) is 22.1 Å². The lowest BCUT2D eigenvalue weighted by Gasteiger charge is -2.10. The normalized spacial score (nSPS) is 9.93. The second kappa shape index (κ2) is 3.75. The number of aromatic carboxylic acids is 1. The van der Waals surface area contributed by atoms with Gasteiger partial charge in [-0.25, -0.2) is 4.79 Å². The van der Waals surface area contributed by atoms with Crippen molar-refractivity contribution in [3.63, 3.8) is 0 Å². The van der Waals surface area contributed by atoms with Crippen molar-refractivity contribution in [3.05, 3.63) is 22.2 Å². The van der Waals surface area contributed by atoms with Crippen LogP contribution < -0.4 is 4.74 Å². The van der Waals surface area contributed by atoms with Crippen LogP contribution in [0.15, 0.2) is 6.07 Å². The van der Waals surface area contributed by atoms with Gasteiger partial charge in [0, 0.05) is 0 Å². The number of phenols is 1. The number of aromatic hydroxyl groups is 1. The first-order valence-corrected chi connectivity index (χ1v) is 4.16.